The Morgan fingerprint density at radius 2 is 1.64 bits per heavy atom. The molecule has 2 aromatic carbocycles. The van der Waals surface area contributed by atoms with Crippen molar-refractivity contribution in [2.24, 2.45) is 0 Å². The van der Waals surface area contributed by atoms with Gasteiger partial charge in [0.25, 0.3) is 0 Å². The van der Waals surface area contributed by atoms with E-state index in [-0.39, 0.29) is 5.56 Å². The summed E-state index contributed by atoms with van der Waals surface area (Å²) in [6.45, 7) is 1.76. The molecule has 0 spiro atoms. The van der Waals surface area contributed by atoms with E-state index in [0.717, 1.165) is 6.26 Å². The number of pyridine rings is 1. The number of aromatic nitrogens is 1. The highest BCUT2D eigenvalue weighted by Crippen LogP contribution is 2.39. The van der Waals surface area contributed by atoms with Crippen LogP contribution in [0.2, 0.25) is 0 Å². The third-order valence-corrected chi connectivity index (χ3v) is 4.58. The van der Waals surface area contributed by atoms with Crippen LogP contribution in [0.5, 0.6) is 17.2 Å². The van der Waals surface area contributed by atoms with E-state index in [1.165, 1.54) is 6.07 Å². The molecule has 0 fully saturated rings. The van der Waals surface area contributed by atoms with Gasteiger partial charge in [-0.3, -0.25) is 9.52 Å². The van der Waals surface area contributed by atoms with Gasteiger partial charge in [0.05, 0.1) is 13.4 Å². The SMILES string of the molecule is COc1ccccc1Oc1ccc(NS(C)(=O)=O)cc1-c1ccc(=O)[nH]c1C. The Morgan fingerprint density at radius 1 is 0.929 bits per heavy atom. The quantitative estimate of drug-likeness (QED) is 0.660. The fourth-order valence-corrected chi connectivity index (χ4v) is 3.35. The molecule has 0 aliphatic rings. The second kappa shape index (κ2) is 7.77. The van der Waals surface area contributed by atoms with Crippen LogP contribution < -0.4 is 19.8 Å². The van der Waals surface area contributed by atoms with Gasteiger partial charge in [-0.1, -0.05) is 12.1 Å². The number of nitrogens with one attached hydrogen (secondary N) is 2. The molecule has 0 aliphatic heterocycles. The van der Waals surface area contributed by atoms with E-state index in [0.29, 0.717) is 39.8 Å². The van der Waals surface area contributed by atoms with Crippen molar-refractivity contribution in [3.05, 3.63) is 70.6 Å². The molecule has 2 N–H and O–H groups in total. The van der Waals surface area contributed by atoms with E-state index in [1.54, 1.807) is 50.4 Å². The van der Waals surface area contributed by atoms with E-state index >= 15 is 0 Å². The van der Waals surface area contributed by atoms with Crippen LogP contribution in [0.15, 0.2) is 59.4 Å². The van der Waals surface area contributed by atoms with Crippen molar-refractivity contribution >= 4 is 15.7 Å². The number of anilines is 1. The summed E-state index contributed by atoms with van der Waals surface area (Å²) >= 11 is 0. The van der Waals surface area contributed by atoms with Gasteiger partial charge < -0.3 is 14.5 Å². The smallest absolute Gasteiger partial charge is 0.248 e. The summed E-state index contributed by atoms with van der Waals surface area (Å²) in [6, 6.07) is 15.2. The zero-order valence-electron chi connectivity index (χ0n) is 15.6. The van der Waals surface area contributed by atoms with Gasteiger partial charge in [-0.25, -0.2) is 8.42 Å². The van der Waals surface area contributed by atoms with Crippen molar-refractivity contribution in [1.29, 1.82) is 0 Å². The number of benzene rings is 2. The summed E-state index contributed by atoms with van der Waals surface area (Å²) in [6.07, 6.45) is 1.08. The first-order valence-corrected chi connectivity index (χ1v) is 10.3. The summed E-state index contributed by atoms with van der Waals surface area (Å²) in [5.41, 5.74) is 2.12. The van der Waals surface area contributed by atoms with Crippen molar-refractivity contribution in [3.63, 3.8) is 0 Å². The predicted molar refractivity (Wildman–Crippen MR) is 109 cm³/mol. The molecule has 0 amide bonds. The third-order valence-electron chi connectivity index (χ3n) is 3.98. The molecule has 1 heterocycles. The van der Waals surface area contributed by atoms with Crippen LogP contribution in [0.25, 0.3) is 11.1 Å². The molecule has 1 aromatic heterocycles. The Balaban J connectivity index is 2.14. The minimum Gasteiger partial charge on any atom is -0.493 e. The highest BCUT2D eigenvalue weighted by atomic mass is 32.2. The number of sulfonamides is 1. The monoisotopic (exact) mass is 400 g/mol. The van der Waals surface area contributed by atoms with Gasteiger partial charge in [0.1, 0.15) is 5.75 Å². The molecule has 146 valence electrons. The molecular formula is C20H20N2O5S. The lowest BCUT2D eigenvalue weighted by Crippen LogP contribution is -2.10. The van der Waals surface area contributed by atoms with Gasteiger partial charge in [0, 0.05) is 28.6 Å². The number of para-hydroxylation sites is 2. The normalized spacial score (nSPS) is 11.1. The van der Waals surface area contributed by atoms with Gasteiger partial charge in [0.15, 0.2) is 11.5 Å². The zero-order chi connectivity index (χ0) is 20.3. The van der Waals surface area contributed by atoms with E-state index in [1.807, 2.05) is 12.1 Å². The molecule has 8 heteroatoms. The lowest BCUT2D eigenvalue weighted by Gasteiger charge is -2.16. The predicted octanol–water partition coefficient (Wildman–Crippen LogP) is 3.52. The maximum absolute atomic E-state index is 11.6. The van der Waals surface area contributed by atoms with E-state index in [9.17, 15) is 13.2 Å². The summed E-state index contributed by atoms with van der Waals surface area (Å²) in [5.74, 6) is 1.56. The first-order chi connectivity index (χ1) is 13.3. The topological polar surface area (TPSA) is 97.5 Å². The summed E-state index contributed by atoms with van der Waals surface area (Å²) < 4.78 is 37.1. The van der Waals surface area contributed by atoms with E-state index < -0.39 is 10.0 Å². The van der Waals surface area contributed by atoms with Crippen LogP contribution in [-0.2, 0) is 10.0 Å². The highest BCUT2D eigenvalue weighted by molar-refractivity contribution is 7.92. The van der Waals surface area contributed by atoms with Crippen LogP contribution in [-0.4, -0.2) is 26.8 Å². The largest absolute Gasteiger partial charge is 0.493 e. The second-order valence-electron chi connectivity index (χ2n) is 6.20. The maximum atomic E-state index is 11.6. The fourth-order valence-electron chi connectivity index (χ4n) is 2.80. The number of rotatable bonds is 6. The molecule has 0 radical (unpaired) electrons. The van der Waals surface area contributed by atoms with Crippen molar-refractivity contribution in [1.82, 2.24) is 4.98 Å². The number of aromatic amines is 1. The van der Waals surface area contributed by atoms with Gasteiger partial charge in [-0.15, -0.1) is 0 Å². The molecular weight excluding hydrogens is 380 g/mol. The molecule has 0 saturated carbocycles. The Morgan fingerprint density at radius 3 is 2.29 bits per heavy atom. The minimum atomic E-state index is -3.44. The van der Waals surface area contributed by atoms with Crippen molar-refractivity contribution in [2.75, 3.05) is 18.1 Å². The fraction of sp³-hybridized carbons (Fsp3) is 0.150. The lowest BCUT2D eigenvalue weighted by atomic mass is 10.0. The summed E-state index contributed by atoms with van der Waals surface area (Å²) in [5, 5.41) is 0. The maximum Gasteiger partial charge on any atom is 0.248 e. The first kappa shape index (κ1) is 19.5. The number of methoxy groups -OCH3 is 1. The number of aryl methyl sites for hydroxylation is 1. The molecule has 3 rings (SSSR count). The first-order valence-electron chi connectivity index (χ1n) is 8.40. The Labute approximate surface area is 163 Å². The lowest BCUT2D eigenvalue weighted by molar-refractivity contribution is 0.379. The van der Waals surface area contributed by atoms with Gasteiger partial charge in [0.2, 0.25) is 15.6 Å². The summed E-state index contributed by atoms with van der Waals surface area (Å²) in [7, 11) is -1.89. The van der Waals surface area contributed by atoms with Gasteiger partial charge >= 0.3 is 0 Å². The minimum absolute atomic E-state index is 0.223. The number of ether oxygens (including phenoxy) is 2. The highest BCUT2D eigenvalue weighted by Gasteiger charge is 2.15. The van der Waals surface area contributed by atoms with Crippen LogP contribution in [0.3, 0.4) is 0 Å². The number of H-pyrrole nitrogens is 1. The van der Waals surface area contributed by atoms with Crippen molar-refractivity contribution < 1.29 is 17.9 Å². The zero-order valence-corrected chi connectivity index (χ0v) is 16.5. The van der Waals surface area contributed by atoms with Crippen LogP contribution in [0.1, 0.15) is 5.69 Å². The van der Waals surface area contributed by atoms with Gasteiger partial charge in [-0.05, 0) is 43.3 Å². The molecule has 0 aliphatic carbocycles. The van der Waals surface area contributed by atoms with Crippen molar-refractivity contribution in [2.45, 2.75) is 6.92 Å². The van der Waals surface area contributed by atoms with Crippen molar-refractivity contribution in [3.8, 4) is 28.4 Å². The molecule has 0 bridgehead atoms. The third kappa shape index (κ3) is 4.52. The van der Waals surface area contributed by atoms with E-state index in [4.69, 9.17) is 9.47 Å². The number of hydrogen-bond acceptors (Lipinski definition) is 5. The molecule has 0 unspecified atom stereocenters. The van der Waals surface area contributed by atoms with Crippen LogP contribution in [0.4, 0.5) is 5.69 Å². The Hall–Kier alpha value is -3.26. The Bertz CT molecular complexity index is 1170. The Kier molecular flexibility index (Phi) is 5.41. The molecule has 0 atom stereocenters. The second-order valence-corrected chi connectivity index (χ2v) is 7.95. The molecule has 28 heavy (non-hydrogen) atoms. The molecule has 3 aromatic rings. The molecule has 7 nitrogen and oxygen atoms in total. The number of hydrogen-bond donors (Lipinski definition) is 2. The average Bonchev–Trinajstić information content (AvgIpc) is 2.62. The van der Waals surface area contributed by atoms with Crippen LogP contribution >= 0.6 is 0 Å². The average molecular weight is 400 g/mol. The standard InChI is InChI=1S/C20H20N2O5S/c1-13-15(9-11-20(23)21-13)16-12-14(22-28(3,24)25)8-10-17(16)27-19-7-5-4-6-18(19)26-2/h4-12,22H,1-3H3,(H,21,23). The van der Waals surface area contributed by atoms with E-state index in [2.05, 4.69) is 9.71 Å². The summed E-state index contributed by atoms with van der Waals surface area (Å²) in [4.78, 5) is 14.3. The van der Waals surface area contributed by atoms with Gasteiger partial charge in [-0.2, -0.15) is 0 Å². The van der Waals surface area contributed by atoms with Crippen LogP contribution in [0, 0.1) is 6.92 Å². The molecule has 0 saturated heterocycles.